The number of nitrogens with zero attached hydrogens (tertiary/aromatic N) is 2. The summed E-state index contributed by atoms with van der Waals surface area (Å²) in [6, 6.07) is 21.4. The molecule has 0 atom stereocenters. The van der Waals surface area contributed by atoms with Crippen molar-refractivity contribution in [3.63, 3.8) is 0 Å². The van der Waals surface area contributed by atoms with Crippen LogP contribution < -0.4 is 10.1 Å². The normalized spacial score (nSPS) is 13.7. The lowest BCUT2D eigenvalue weighted by atomic mass is 9.94. The largest absolute Gasteiger partial charge is 0.492 e. The lowest BCUT2D eigenvalue weighted by Crippen LogP contribution is -2.49. The quantitative estimate of drug-likeness (QED) is 0.319. The highest BCUT2D eigenvalue weighted by atomic mass is 32.1. The van der Waals surface area contributed by atoms with E-state index in [0.717, 1.165) is 36.1 Å². The summed E-state index contributed by atoms with van der Waals surface area (Å²) in [6.07, 6.45) is 5.14. The molecular weight excluding hydrogens is 482 g/mol. The van der Waals surface area contributed by atoms with Crippen molar-refractivity contribution in [3.05, 3.63) is 82.0 Å². The lowest BCUT2D eigenvalue weighted by molar-refractivity contribution is -0.133. The van der Waals surface area contributed by atoms with E-state index in [-0.39, 0.29) is 24.5 Å². The average Bonchev–Trinajstić information content (AvgIpc) is 3.33. The molecule has 3 aromatic rings. The van der Waals surface area contributed by atoms with Crippen molar-refractivity contribution in [2.75, 3.05) is 18.5 Å². The highest BCUT2D eigenvalue weighted by Gasteiger charge is 2.30. The maximum Gasteiger partial charge on any atom is 0.322 e. The Labute approximate surface area is 224 Å². The standard InChI is InChI=1S/C30H37N3O3S/c1-3-36-28-17-11-10-16-27(28)31-30(35)33(25-14-8-5-9-15-25)22-29(34)32(20-24-12-6-4-7-13-24)21-26-19-18-23(2)37-26/h4,6-7,10-13,16-19,25H,3,5,8-9,14-15,20-22H2,1-2H3,(H,31,35). The first-order chi connectivity index (χ1) is 18.0. The van der Waals surface area contributed by atoms with Crippen LogP contribution in [0.5, 0.6) is 5.75 Å². The molecule has 4 rings (SSSR count). The van der Waals surface area contributed by atoms with Crippen LogP contribution in [0.4, 0.5) is 10.5 Å². The number of rotatable bonds is 10. The average molecular weight is 520 g/mol. The van der Waals surface area contributed by atoms with Crippen LogP contribution in [-0.4, -0.2) is 40.9 Å². The maximum atomic E-state index is 13.8. The van der Waals surface area contributed by atoms with Gasteiger partial charge in [-0.25, -0.2) is 4.79 Å². The van der Waals surface area contributed by atoms with Gasteiger partial charge in [0.25, 0.3) is 0 Å². The van der Waals surface area contributed by atoms with Gasteiger partial charge in [0.2, 0.25) is 5.91 Å². The van der Waals surface area contributed by atoms with Gasteiger partial charge in [0, 0.05) is 22.3 Å². The van der Waals surface area contributed by atoms with Gasteiger partial charge < -0.3 is 19.9 Å². The van der Waals surface area contributed by atoms with Crippen LogP contribution in [0.15, 0.2) is 66.7 Å². The molecule has 2 aromatic carbocycles. The van der Waals surface area contributed by atoms with Crippen molar-refractivity contribution in [3.8, 4) is 5.75 Å². The molecule has 0 aliphatic heterocycles. The third-order valence-electron chi connectivity index (χ3n) is 6.72. The van der Waals surface area contributed by atoms with Gasteiger partial charge in [0.1, 0.15) is 12.3 Å². The Morgan fingerprint density at radius 1 is 0.946 bits per heavy atom. The van der Waals surface area contributed by atoms with E-state index in [1.165, 1.54) is 11.3 Å². The zero-order chi connectivity index (χ0) is 26.0. The van der Waals surface area contributed by atoms with E-state index >= 15 is 0 Å². The van der Waals surface area contributed by atoms with Crippen LogP contribution in [0.2, 0.25) is 0 Å². The zero-order valence-electron chi connectivity index (χ0n) is 21.8. The van der Waals surface area contributed by atoms with Gasteiger partial charge >= 0.3 is 6.03 Å². The van der Waals surface area contributed by atoms with E-state index in [1.54, 1.807) is 16.2 Å². The number of anilines is 1. The number of nitrogens with one attached hydrogen (secondary N) is 1. The second-order valence-corrected chi connectivity index (χ2v) is 10.9. The fourth-order valence-electron chi connectivity index (χ4n) is 4.84. The van der Waals surface area contributed by atoms with Crippen molar-refractivity contribution in [2.24, 2.45) is 0 Å². The molecular formula is C30H37N3O3S. The predicted molar refractivity (Wildman–Crippen MR) is 150 cm³/mol. The van der Waals surface area contributed by atoms with E-state index in [4.69, 9.17) is 4.74 Å². The number of benzene rings is 2. The zero-order valence-corrected chi connectivity index (χ0v) is 22.6. The SMILES string of the molecule is CCOc1ccccc1NC(=O)N(CC(=O)N(Cc1ccccc1)Cc1ccc(C)s1)C1CCCCC1. The number of hydrogen-bond acceptors (Lipinski definition) is 4. The Balaban J connectivity index is 1.55. The van der Waals surface area contributed by atoms with E-state index in [1.807, 2.05) is 66.4 Å². The Morgan fingerprint density at radius 2 is 1.68 bits per heavy atom. The molecule has 1 aliphatic carbocycles. The van der Waals surface area contributed by atoms with E-state index < -0.39 is 0 Å². The number of aryl methyl sites for hydroxylation is 1. The number of amides is 3. The summed E-state index contributed by atoms with van der Waals surface area (Å²) in [5, 5.41) is 3.03. The fraction of sp³-hybridized carbons (Fsp3) is 0.400. The molecule has 1 aliphatic rings. The molecule has 1 aromatic heterocycles. The minimum absolute atomic E-state index is 0.0412. The van der Waals surface area contributed by atoms with Crippen molar-refractivity contribution in [1.82, 2.24) is 9.80 Å². The van der Waals surface area contributed by atoms with Crippen LogP contribution in [-0.2, 0) is 17.9 Å². The molecule has 0 spiro atoms. The van der Waals surface area contributed by atoms with Gasteiger partial charge in [-0.2, -0.15) is 0 Å². The number of para-hydroxylation sites is 2. The van der Waals surface area contributed by atoms with Crippen LogP contribution >= 0.6 is 11.3 Å². The highest BCUT2D eigenvalue weighted by Crippen LogP contribution is 2.27. The van der Waals surface area contributed by atoms with Crippen LogP contribution in [0.1, 0.15) is 54.3 Å². The van der Waals surface area contributed by atoms with Gasteiger partial charge in [0.15, 0.2) is 0 Å². The Bertz CT molecular complexity index is 1160. The first-order valence-corrected chi connectivity index (χ1v) is 14.0. The molecule has 1 heterocycles. The van der Waals surface area contributed by atoms with Gasteiger partial charge in [-0.15, -0.1) is 11.3 Å². The van der Waals surface area contributed by atoms with Gasteiger partial charge in [-0.3, -0.25) is 4.79 Å². The van der Waals surface area contributed by atoms with E-state index in [9.17, 15) is 9.59 Å². The fourth-order valence-corrected chi connectivity index (χ4v) is 5.74. The molecule has 1 saturated carbocycles. The predicted octanol–water partition coefficient (Wildman–Crippen LogP) is 6.85. The van der Waals surface area contributed by atoms with Gasteiger partial charge in [-0.1, -0.05) is 61.7 Å². The Hall–Kier alpha value is -3.32. The number of hydrogen-bond donors (Lipinski definition) is 1. The van der Waals surface area contributed by atoms with Crippen LogP contribution in [0.3, 0.4) is 0 Å². The lowest BCUT2D eigenvalue weighted by Gasteiger charge is -2.35. The molecule has 0 bridgehead atoms. The second-order valence-electron chi connectivity index (χ2n) is 9.53. The summed E-state index contributed by atoms with van der Waals surface area (Å²) in [6.45, 7) is 5.58. The Morgan fingerprint density at radius 3 is 2.38 bits per heavy atom. The number of ether oxygens (including phenoxy) is 1. The van der Waals surface area contributed by atoms with Gasteiger partial charge in [0.05, 0.1) is 18.8 Å². The summed E-state index contributed by atoms with van der Waals surface area (Å²) in [5.74, 6) is 0.584. The molecule has 0 unspecified atom stereocenters. The van der Waals surface area contributed by atoms with Crippen LogP contribution in [0.25, 0.3) is 0 Å². The molecule has 7 heteroatoms. The van der Waals surface area contributed by atoms with Gasteiger partial charge in [-0.05, 0) is 56.5 Å². The summed E-state index contributed by atoms with van der Waals surface area (Å²) in [7, 11) is 0. The molecule has 6 nitrogen and oxygen atoms in total. The number of carbonyl (C=O) groups is 2. The topological polar surface area (TPSA) is 61.9 Å². The van der Waals surface area contributed by atoms with Crippen molar-refractivity contribution in [1.29, 1.82) is 0 Å². The highest BCUT2D eigenvalue weighted by molar-refractivity contribution is 7.11. The molecule has 196 valence electrons. The monoisotopic (exact) mass is 519 g/mol. The molecule has 0 saturated heterocycles. The minimum atomic E-state index is -0.251. The van der Waals surface area contributed by atoms with Crippen LogP contribution in [0, 0.1) is 6.92 Å². The molecule has 3 amide bonds. The summed E-state index contributed by atoms with van der Waals surface area (Å²) < 4.78 is 5.71. The van der Waals surface area contributed by atoms with Crippen molar-refractivity contribution < 1.29 is 14.3 Å². The van der Waals surface area contributed by atoms with E-state index in [0.29, 0.717) is 31.1 Å². The number of urea groups is 1. The Kier molecular flexibility index (Phi) is 9.60. The minimum Gasteiger partial charge on any atom is -0.492 e. The first-order valence-electron chi connectivity index (χ1n) is 13.2. The van der Waals surface area contributed by atoms with Crippen molar-refractivity contribution in [2.45, 2.75) is 65.1 Å². The third-order valence-corrected chi connectivity index (χ3v) is 7.71. The number of thiophene rings is 1. The molecule has 1 fully saturated rings. The summed E-state index contributed by atoms with van der Waals surface area (Å²) >= 11 is 1.70. The summed E-state index contributed by atoms with van der Waals surface area (Å²) in [5.41, 5.74) is 1.70. The second kappa shape index (κ2) is 13.3. The number of carbonyl (C=O) groups excluding carboxylic acids is 2. The molecule has 37 heavy (non-hydrogen) atoms. The first kappa shape index (κ1) is 26.7. The third kappa shape index (κ3) is 7.59. The molecule has 0 radical (unpaired) electrons. The molecule has 1 N–H and O–H groups in total. The maximum absolute atomic E-state index is 13.8. The van der Waals surface area contributed by atoms with E-state index in [2.05, 4.69) is 24.4 Å². The smallest absolute Gasteiger partial charge is 0.322 e. The van der Waals surface area contributed by atoms with Crippen molar-refractivity contribution >= 4 is 29.0 Å². The summed E-state index contributed by atoms with van der Waals surface area (Å²) in [4.78, 5) is 33.4.